The fourth-order valence-electron chi connectivity index (χ4n) is 6.71. The van der Waals surface area contributed by atoms with Gasteiger partial charge in [0.15, 0.2) is 0 Å². The third-order valence-electron chi connectivity index (χ3n) is 7.70. The number of H-pyrrole nitrogens is 1. The molecule has 2 aliphatic carbocycles. The second-order valence-corrected chi connectivity index (χ2v) is 12.5. The summed E-state index contributed by atoms with van der Waals surface area (Å²) in [6, 6.07) is 7.69. The molecule has 178 valence electrons. The van der Waals surface area contributed by atoms with E-state index in [1.807, 2.05) is 24.3 Å². The van der Waals surface area contributed by atoms with E-state index in [2.05, 4.69) is 4.98 Å². The zero-order chi connectivity index (χ0) is 23.9. The first-order valence-corrected chi connectivity index (χ1v) is 13.5. The number of carbonyl (C=O) groups excluding carboxylic acids is 3. The number of nitrogens with zero attached hydrogens (tertiary/aromatic N) is 1. The summed E-state index contributed by atoms with van der Waals surface area (Å²) < 4.78 is 5.19. The fraction of sp³-hybridized carbons (Fsp3) is 0.500. The van der Waals surface area contributed by atoms with Gasteiger partial charge in [-0.25, -0.2) is 0 Å². The number of imide groups is 1. The fourth-order valence-corrected chi connectivity index (χ4v) is 9.72. The van der Waals surface area contributed by atoms with Crippen LogP contribution < -0.4 is 4.87 Å². The van der Waals surface area contributed by atoms with E-state index in [1.165, 1.54) is 11.3 Å². The number of carbonyl (C=O) groups is 3. The highest BCUT2D eigenvalue weighted by Gasteiger charge is 2.69. The van der Waals surface area contributed by atoms with Crippen LogP contribution in [0.5, 0.6) is 0 Å². The second-order valence-electron chi connectivity index (χ2n) is 9.81. The van der Waals surface area contributed by atoms with Gasteiger partial charge in [0, 0.05) is 21.1 Å². The highest BCUT2D eigenvalue weighted by atomic mass is 35.5. The van der Waals surface area contributed by atoms with Gasteiger partial charge in [-0.2, -0.15) is 0 Å². The summed E-state index contributed by atoms with van der Waals surface area (Å²) in [5.74, 6) is -1.77. The molecule has 7 atom stereocenters. The van der Waals surface area contributed by atoms with Gasteiger partial charge in [-0.05, 0) is 55.7 Å². The van der Waals surface area contributed by atoms with Crippen molar-refractivity contribution < 1.29 is 19.1 Å². The summed E-state index contributed by atoms with van der Waals surface area (Å²) in [5.41, 5.74) is 1.06. The summed E-state index contributed by atoms with van der Waals surface area (Å²) in [5, 5.41) is 1.62. The predicted molar refractivity (Wildman–Crippen MR) is 128 cm³/mol. The molecule has 3 fully saturated rings. The Bertz CT molecular complexity index is 1250. The Balaban J connectivity index is 1.37. The van der Waals surface area contributed by atoms with Crippen molar-refractivity contribution in [2.75, 3.05) is 6.54 Å². The first-order chi connectivity index (χ1) is 16.2. The Morgan fingerprint density at radius 1 is 1.15 bits per heavy atom. The Hall–Kier alpha value is -2.10. The van der Waals surface area contributed by atoms with E-state index in [0.29, 0.717) is 5.02 Å². The van der Waals surface area contributed by atoms with Gasteiger partial charge in [-0.3, -0.25) is 24.1 Å². The number of aromatic nitrogens is 1. The van der Waals surface area contributed by atoms with Gasteiger partial charge in [-0.1, -0.05) is 35.1 Å². The molecule has 2 bridgehead atoms. The van der Waals surface area contributed by atoms with Crippen LogP contribution in [0.25, 0.3) is 0 Å². The van der Waals surface area contributed by atoms with Crippen LogP contribution in [0.4, 0.5) is 0 Å². The molecule has 2 saturated carbocycles. The molecule has 0 radical (unpaired) electrons. The van der Waals surface area contributed by atoms with Crippen molar-refractivity contribution in [3.05, 3.63) is 49.4 Å². The quantitative estimate of drug-likeness (QED) is 0.491. The van der Waals surface area contributed by atoms with Gasteiger partial charge in [0.05, 0.1) is 23.0 Å². The van der Waals surface area contributed by atoms with Crippen LogP contribution >= 0.6 is 34.7 Å². The number of rotatable bonds is 4. The number of hydrogen-bond acceptors (Lipinski definition) is 7. The molecule has 1 aromatic heterocycles. The van der Waals surface area contributed by atoms with E-state index >= 15 is 0 Å². The molecule has 1 aromatic carbocycles. The molecule has 2 amide bonds. The van der Waals surface area contributed by atoms with E-state index in [4.69, 9.17) is 16.3 Å². The van der Waals surface area contributed by atoms with E-state index in [-0.39, 0.29) is 58.3 Å². The molecule has 34 heavy (non-hydrogen) atoms. The van der Waals surface area contributed by atoms with Crippen LogP contribution in [-0.4, -0.2) is 45.6 Å². The topological polar surface area (TPSA) is 96.5 Å². The van der Waals surface area contributed by atoms with Crippen LogP contribution in [0.1, 0.15) is 36.6 Å². The van der Waals surface area contributed by atoms with Gasteiger partial charge in [0.1, 0.15) is 6.54 Å². The van der Waals surface area contributed by atoms with E-state index in [1.54, 1.807) is 25.6 Å². The molecule has 1 saturated heterocycles. The number of aromatic amines is 1. The summed E-state index contributed by atoms with van der Waals surface area (Å²) >= 11 is 9.01. The highest BCUT2D eigenvalue weighted by molar-refractivity contribution is 8.00. The first-order valence-electron chi connectivity index (χ1n) is 11.4. The first kappa shape index (κ1) is 22.4. The van der Waals surface area contributed by atoms with Crippen molar-refractivity contribution in [2.45, 2.75) is 42.6 Å². The van der Waals surface area contributed by atoms with Gasteiger partial charge in [-0.15, -0.1) is 11.8 Å². The molecule has 3 heterocycles. The molecule has 7 nitrogen and oxygen atoms in total. The average Bonchev–Trinajstić information content (AvgIpc) is 3.49. The lowest BCUT2D eigenvalue weighted by Gasteiger charge is -2.43. The number of amides is 2. The molecule has 2 aliphatic heterocycles. The van der Waals surface area contributed by atoms with Crippen molar-refractivity contribution in [3.63, 3.8) is 0 Å². The number of likely N-dealkylation sites (tertiary alicyclic amines) is 1. The van der Waals surface area contributed by atoms with Gasteiger partial charge < -0.3 is 9.72 Å². The lowest BCUT2D eigenvalue weighted by atomic mass is 9.68. The number of nitrogens with one attached hydrogen (secondary N) is 1. The second kappa shape index (κ2) is 7.96. The van der Waals surface area contributed by atoms with Gasteiger partial charge >= 0.3 is 10.8 Å². The lowest BCUT2D eigenvalue weighted by Crippen LogP contribution is -2.42. The summed E-state index contributed by atoms with van der Waals surface area (Å²) in [7, 11) is 0. The highest BCUT2D eigenvalue weighted by Crippen LogP contribution is 2.68. The largest absolute Gasteiger partial charge is 0.462 e. The zero-order valence-electron chi connectivity index (χ0n) is 18.5. The van der Waals surface area contributed by atoms with Crippen molar-refractivity contribution in [3.8, 4) is 0 Å². The predicted octanol–water partition coefficient (Wildman–Crippen LogP) is 3.51. The molecular weight excluding hydrogens is 496 g/mol. The maximum Gasteiger partial charge on any atom is 0.326 e. The molecule has 1 N–H and O–H groups in total. The van der Waals surface area contributed by atoms with Crippen LogP contribution in [0.15, 0.2) is 34.1 Å². The van der Waals surface area contributed by atoms with Crippen LogP contribution in [0.3, 0.4) is 0 Å². The molecule has 4 aliphatic rings. The number of fused-ring (bicyclic) bond motifs is 9. The number of benzene rings is 1. The Labute approximate surface area is 209 Å². The normalized spacial score (nSPS) is 33.3. The number of thioether (sulfide) groups is 1. The van der Waals surface area contributed by atoms with E-state index in [0.717, 1.165) is 26.8 Å². The number of esters is 1. The number of thiazole rings is 1. The Morgan fingerprint density at radius 3 is 2.50 bits per heavy atom. The van der Waals surface area contributed by atoms with Crippen LogP contribution in [0.2, 0.25) is 5.02 Å². The summed E-state index contributed by atoms with van der Waals surface area (Å²) in [6.45, 7) is 3.15. The van der Waals surface area contributed by atoms with E-state index < -0.39 is 17.8 Å². The van der Waals surface area contributed by atoms with Crippen molar-refractivity contribution in [2.24, 2.45) is 29.6 Å². The third kappa shape index (κ3) is 3.23. The molecule has 7 unspecified atom stereocenters. The standard InChI is InChI=1S/C24H23ClN2O5S2/c1-9(2)32-14(28)8-27-22(29)17-12-7-13(18(17)23(27)30)19-16(12)15(10-3-5-11(25)6-4-10)20-21(33-19)26-24(31)34-20/h3-6,9,12-13,15-19H,7-8H2,1-2H3,(H,26,31). The maximum atomic E-state index is 13.4. The number of ether oxygens (including phenoxy) is 1. The third-order valence-corrected chi connectivity index (χ3v) is 10.5. The molecule has 10 heteroatoms. The number of halogens is 1. The minimum Gasteiger partial charge on any atom is -0.462 e. The Morgan fingerprint density at radius 2 is 1.82 bits per heavy atom. The van der Waals surface area contributed by atoms with Gasteiger partial charge in [0.25, 0.3) is 0 Å². The van der Waals surface area contributed by atoms with Crippen LogP contribution in [0, 0.1) is 29.6 Å². The smallest absolute Gasteiger partial charge is 0.326 e. The molecule has 0 spiro atoms. The SMILES string of the molecule is CC(C)OC(=O)CN1C(=O)C2C3CC(C2C1=O)C1C(c2ccc(Cl)cc2)c2sc(=O)[nH]c2SC31. The average molecular weight is 519 g/mol. The molecular formula is C24H23ClN2O5S2. The van der Waals surface area contributed by atoms with Crippen molar-refractivity contribution >= 4 is 52.5 Å². The van der Waals surface area contributed by atoms with E-state index in [9.17, 15) is 19.2 Å². The minimum atomic E-state index is -0.561. The number of hydrogen-bond donors (Lipinski definition) is 1. The summed E-state index contributed by atoms with van der Waals surface area (Å²) in [6.07, 6.45) is 0.499. The zero-order valence-corrected chi connectivity index (χ0v) is 20.9. The van der Waals surface area contributed by atoms with Crippen molar-refractivity contribution in [1.82, 2.24) is 9.88 Å². The molecule has 2 aromatic rings. The van der Waals surface area contributed by atoms with Gasteiger partial charge in [0.2, 0.25) is 11.8 Å². The summed E-state index contributed by atoms with van der Waals surface area (Å²) in [4.78, 5) is 56.3. The monoisotopic (exact) mass is 518 g/mol. The van der Waals surface area contributed by atoms with Crippen LogP contribution in [-0.2, 0) is 19.1 Å². The lowest BCUT2D eigenvalue weighted by molar-refractivity contribution is -0.155. The minimum absolute atomic E-state index is 0.0149. The maximum absolute atomic E-state index is 13.4. The van der Waals surface area contributed by atoms with Crippen molar-refractivity contribution in [1.29, 1.82) is 0 Å². The Kier molecular flexibility index (Phi) is 5.24. The molecule has 6 rings (SSSR count).